The fraction of sp³-hybridized carbons (Fsp3) is 0.300. The maximum atomic E-state index is 13.0. The van der Waals surface area contributed by atoms with Crippen molar-refractivity contribution in [2.45, 2.75) is 18.9 Å². The molecule has 0 bridgehead atoms. The predicted molar refractivity (Wildman–Crippen MR) is 99.6 cm³/mol. The summed E-state index contributed by atoms with van der Waals surface area (Å²) < 4.78 is 15.9. The van der Waals surface area contributed by atoms with Crippen LogP contribution in [0.25, 0.3) is 0 Å². The number of amides is 1. The number of carbonyl (C=O) groups is 2. The molecular weight excluding hydrogens is 380 g/mol. The molecule has 1 fully saturated rings. The SMILES string of the molecule is O=C(OC(C(=O)N1CCCC1)c1ccccc1)c1cc2c(cc1[N+](=O)[O-])OCO2. The fourth-order valence-corrected chi connectivity index (χ4v) is 3.41. The second-order valence-electron chi connectivity index (χ2n) is 6.71. The Hall–Kier alpha value is -3.62. The van der Waals surface area contributed by atoms with Gasteiger partial charge in [-0.1, -0.05) is 30.3 Å². The Balaban J connectivity index is 1.66. The third-order valence-corrected chi connectivity index (χ3v) is 4.88. The Kier molecular flexibility index (Phi) is 5.03. The van der Waals surface area contributed by atoms with Crippen LogP contribution < -0.4 is 9.47 Å². The number of nitro groups is 1. The smallest absolute Gasteiger partial charge is 0.346 e. The first kappa shape index (κ1) is 18.7. The molecule has 2 aliphatic heterocycles. The van der Waals surface area contributed by atoms with Crippen LogP contribution >= 0.6 is 0 Å². The number of ether oxygens (including phenoxy) is 3. The number of hydrogen-bond donors (Lipinski definition) is 0. The minimum Gasteiger partial charge on any atom is -0.454 e. The van der Waals surface area contributed by atoms with Crippen molar-refractivity contribution < 1.29 is 28.7 Å². The lowest BCUT2D eigenvalue weighted by Crippen LogP contribution is -2.35. The molecule has 2 aliphatic rings. The summed E-state index contributed by atoms with van der Waals surface area (Å²) in [7, 11) is 0. The van der Waals surface area contributed by atoms with Crippen molar-refractivity contribution in [2.24, 2.45) is 0 Å². The van der Waals surface area contributed by atoms with E-state index in [-0.39, 0.29) is 29.8 Å². The van der Waals surface area contributed by atoms with E-state index in [1.165, 1.54) is 6.07 Å². The molecule has 2 heterocycles. The second-order valence-corrected chi connectivity index (χ2v) is 6.71. The summed E-state index contributed by atoms with van der Waals surface area (Å²) in [6.45, 7) is 1.08. The quantitative estimate of drug-likeness (QED) is 0.433. The minimum absolute atomic E-state index is 0.0922. The first-order valence-electron chi connectivity index (χ1n) is 9.17. The van der Waals surface area contributed by atoms with Crippen molar-refractivity contribution in [1.82, 2.24) is 4.90 Å². The van der Waals surface area contributed by atoms with Crippen molar-refractivity contribution in [3.63, 3.8) is 0 Å². The zero-order valence-electron chi connectivity index (χ0n) is 15.4. The van der Waals surface area contributed by atoms with Gasteiger partial charge in [0.1, 0.15) is 5.56 Å². The summed E-state index contributed by atoms with van der Waals surface area (Å²) in [5, 5.41) is 11.5. The number of nitrogens with zero attached hydrogens (tertiary/aromatic N) is 2. The van der Waals surface area contributed by atoms with Crippen LogP contribution in [0.1, 0.15) is 34.9 Å². The highest BCUT2D eigenvalue weighted by atomic mass is 16.7. The molecule has 2 aromatic rings. The van der Waals surface area contributed by atoms with Crippen LogP contribution in [0.15, 0.2) is 42.5 Å². The van der Waals surface area contributed by atoms with E-state index in [0.29, 0.717) is 18.7 Å². The Labute approximate surface area is 165 Å². The Morgan fingerprint density at radius 1 is 1.07 bits per heavy atom. The molecule has 2 aromatic carbocycles. The number of hydrogen-bond acceptors (Lipinski definition) is 7. The van der Waals surface area contributed by atoms with E-state index in [1.54, 1.807) is 35.2 Å². The number of likely N-dealkylation sites (tertiary alicyclic amines) is 1. The first-order chi connectivity index (χ1) is 14.0. The molecule has 9 nitrogen and oxygen atoms in total. The van der Waals surface area contributed by atoms with Gasteiger partial charge in [0, 0.05) is 24.7 Å². The van der Waals surface area contributed by atoms with E-state index in [0.717, 1.165) is 18.9 Å². The van der Waals surface area contributed by atoms with Gasteiger partial charge in [-0.3, -0.25) is 14.9 Å². The van der Waals surface area contributed by atoms with Gasteiger partial charge in [0.2, 0.25) is 12.9 Å². The molecule has 0 radical (unpaired) electrons. The molecule has 29 heavy (non-hydrogen) atoms. The molecule has 1 saturated heterocycles. The Bertz CT molecular complexity index is 955. The van der Waals surface area contributed by atoms with Gasteiger partial charge < -0.3 is 19.1 Å². The molecule has 0 N–H and O–H groups in total. The van der Waals surface area contributed by atoms with Gasteiger partial charge in [0.05, 0.1) is 11.0 Å². The molecule has 0 saturated carbocycles. The van der Waals surface area contributed by atoms with Gasteiger partial charge in [-0.25, -0.2) is 4.79 Å². The highest BCUT2D eigenvalue weighted by molar-refractivity contribution is 5.97. The van der Waals surface area contributed by atoms with Crippen molar-refractivity contribution in [2.75, 3.05) is 19.9 Å². The van der Waals surface area contributed by atoms with Gasteiger partial charge in [0.25, 0.3) is 11.6 Å². The monoisotopic (exact) mass is 398 g/mol. The van der Waals surface area contributed by atoms with Crippen LogP contribution in [0.5, 0.6) is 11.5 Å². The van der Waals surface area contributed by atoms with Crippen molar-refractivity contribution in [3.05, 3.63) is 63.7 Å². The summed E-state index contributed by atoms with van der Waals surface area (Å²) >= 11 is 0. The molecule has 0 aromatic heterocycles. The number of rotatable bonds is 5. The number of esters is 1. The van der Waals surface area contributed by atoms with E-state index in [1.807, 2.05) is 0 Å². The number of benzene rings is 2. The summed E-state index contributed by atoms with van der Waals surface area (Å²) in [6.07, 6.45) is 0.579. The van der Waals surface area contributed by atoms with Crippen LogP contribution in [-0.4, -0.2) is 41.6 Å². The molecule has 1 amide bonds. The maximum absolute atomic E-state index is 13.0. The summed E-state index contributed by atoms with van der Waals surface area (Å²) in [5.74, 6) is -0.924. The van der Waals surface area contributed by atoms with Crippen molar-refractivity contribution in [3.8, 4) is 11.5 Å². The van der Waals surface area contributed by atoms with E-state index >= 15 is 0 Å². The molecule has 1 unspecified atom stereocenters. The highest BCUT2D eigenvalue weighted by Crippen LogP contribution is 2.38. The van der Waals surface area contributed by atoms with Gasteiger partial charge in [-0.15, -0.1) is 0 Å². The van der Waals surface area contributed by atoms with Crippen LogP contribution in [-0.2, 0) is 9.53 Å². The van der Waals surface area contributed by atoms with E-state index in [9.17, 15) is 19.7 Å². The van der Waals surface area contributed by atoms with Gasteiger partial charge in [-0.05, 0) is 12.8 Å². The zero-order chi connectivity index (χ0) is 20.4. The van der Waals surface area contributed by atoms with Crippen LogP contribution in [0, 0.1) is 10.1 Å². The number of carbonyl (C=O) groups excluding carboxylic acids is 2. The molecular formula is C20H18N2O7. The maximum Gasteiger partial charge on any atom is 0.346 e. The third kappa shape index (κ3) is 3.71. The predicted octanol–water partition coefficient (Wildman–Crippen LogP) is 2.84. The standard InChI is InChI=1S/C20H18N2O7/c23-19(21-8-4-5-9-21)18(13-6-2-1-3-7-13)29-20(24)14-10-16-17(28-12-27-16)11-15(14)22(25)26/h1-3,6-7,10-11,18H,4-5,8-9,12H2. The zero-order valence-corrected chi connectivity index (χ0v) is 15.4. The average molecular weight is 398 g/mol. The molecule has 0 aliphatic carbocycles. The van der Waals surface area contributed by atoms with Gasteiger partial charge in [0.15, 0.2) is 11.5 Å². The van der Waals surface area contributed by atoms with Crippen molar-refractivity contribution in [1.29, 1.82) is 0 Å². The second kappa shape index (κ2) is 7.78. The lowest BCUT2D eigenvalue weighted by Gasteiger charge is -2.23. The first-order valence-corrected chi connectivity index (χ1v) is 9.17. The summed E-state index contributed by atoms with van der Waals surface area (Å²) in [4.78, 5) is 38.3. The topological polar surface area (TPSA) is 108 Å². The molecule has 9 heteroatoms. The van der Waals surface area contributed by atoms with Gasteiger partial charge in [-0.2, -0.15) is 0 Å². The number of fused-ring (bicyclic) bond motifs is 1. The van der Waals surface area contributed by atoms with E-state index < -0.39 is 22.7 Å². The van der Waals surface area contributed by atoms with Crippen LogP contribution in [0.2, 0.25) is 0 Å². The molecule has 1 atom stereocenters. The third-order valence-electron chi connectivity index (χ3n) is 4.88. The number of nitro benzene ring substituents is 1. The Morgan fingerprint density at radius 3 is 2.38 bits per heavy atom. The average Bonchev–Trinajstić information content (AvgIpc) is 3.42. The normalized spacial score (nSPS) is 15.8. The van der Waals surface area contributed by atoms with Crippen LogP contribution in [0.4, 0.5) is 5.69 Å². The molecule has 150 valence electrons. The largest absolute Gasteiger partial charge is 0.454 e. The Morgan fingerprint density at radius 2 is 1.72 bits per heavy atom. The highest BCUT2D eigenvalue weighted by Gasteiger charge is 2.34. The van der Waals surface area contributed by atoms with Crippen LogP contribution in [0.3, 0.4) is 0 Å². The molecule has 0 spiro atoms. The van der Waals surface area contributed by atoms with E-state index in [2.05, 4.69) is 0 Å². The minimum atomic E-state index is -1.19. The van der Waals surface area contributed by atoms with Crippen molar-refractivity contribution >= 4 is 17.6 Å². The van der Waals surface area contributed by atoms with E-state index in [4.69, 9.17) is 14.2 Å². The molecule has 4 rings (SSSR count). The summed E-state index contributed by atoms with van der Waals surface area (Å²) in [5.41, 5.74) is -0.268. The fourth-order valence-electron chi connectivity index (χ4n) is 3.41. The van der Waals surface area contributed by atoms with Gasteiger partial charge >= 0.3 is 5.97 Å². The lowest BCUT2D eigenvalue weighted by molar-refractivity contribution is -0.385. The lowest BCUT2D eigenvalue weighted by atomic mass is 10.1. The summed E-state index contributed by atoms with van der Waals surface area (Å²) in [6, 6.07) is 10.9.